The second-order valence-electron chi connectivity index (χ2n) is 9.16. The molecule has 0 saturated heterocycles. The number of hydrogen-bond donors (Lipinski definition) is 1. The summed E-state index contributed by atoms with van der Waals surface area (Å²) >= 11 is 12.3. The van der Waals surface area contributed by atoms with E-state index in [4.69, 9.17) is 23.2 Å². The van der Waals surface area contributed by atoms with Gasteiger partial charge in [-0.15, -0.1) is 0 Å². The van der Waals surface area contributed by atoms with Crippen LogP contribution in [-0.4, -0.2) is 29.3 Å². The number of amides is 2. The van der Waals surface area contributed by atoms with Crippen LogP contribution >= 0.6 is 23.2 Å². The van der Waals surface area contributed by atoms with E-state index in [1.165, 1.54) is 0 Å². The average Bonchev–Trinajstić information content (AvgIpc) is 2.86. The fourth-order valence-corrected chi connectivity index (χ4v) is 4.28. The van der Waals surface area contributed by atoms with Crippen LogP contribution in [-0.2, 0) is 16.1 Å². The van der Waals surface area contributed by atoms with Gasteiger partial charge < -0.3 is 10.2 Å². The van der Waals surface area contributed by atoms with Crippen molar-refractivity contribution < 1.29 is 9.59 Å². The first-order valence-electron chi connectivity index (χ1n) is 11.9. The Bertz CT molecular complexity index is 1080. The van der Waals surface area contributed by atoms with E-state index < -0.39 is 6.04 Å². The van der Waals surface area contributed by atoms with Crippen molar-refractivity contribution in [2.45, 2.75) is 45.7 Å². The second kappa shape index (κ2) is 12.8. The molecular weight excluding hydrogens is 479 g/mol. The van der Waals surface area contributed by atoms with Crippen molar-refractivity contribution in [2.75, 3.05) is 6.54 Å². The number of benzene rings is 3. The molecule has 6 heteroatoms. The van der Waals surface area contributed by atoms with E-state index in [0.717, 1.165) is 16.7 Å². The fourth-order valence-electron chi connectivity index (χ4n) is 3.96. The molecule has 0 aliphatic carbocycles. The predicted molar refractivity (Wildman–Crippen MR) is 144 cm³/mol. The molecule has 3 aromatic rings. The van der Waals surface area contributed by atoms with Gasteiger partial charge in [-0.3, -0.25) is 9.59 Å². The van der Waals surface area contributed by atoms with E-state index in [2.05, 4.69) is 5.32 Å². The summed E-state index contributed by atoms with van der Waals surface area (Å²) in [7, 11) is 0. The fraction of sp³-hybridized carbons (Fsp3) is 0.310. The summed E-state index contributed by atoms with van der Waals surface area (Å²) in [5.74, 6) is -0.109. The summed E-state index contributed by atoms with van der Waals surface area (Å²) in [5, 5.41) is 3.83. The minimum atomic E-state index is -0.650. The maximum absolute atomic E-state index is 13.8. The largest absolute Gasteiger partial charge is 0.354 e. The molecule has 0 aromatic heterocycles. The van der Waals surface area contributed by atoms with E-state index in [0.29, 0.717) is 22.5 Å². The van der Waals surface area contributed by atoms with Gasteiger partial charge in [-0.05, 0) is 41.7 Å². The highest BCUT2D eigenvalue weighted by Gasteiger charge is 2.29. The molecular formula is C29H32Cl2N2O2. The number of halogens is 2. The smallest absolute Gasteiger partial charge is 0.242 e. The predicted octanol–water partition coefficient (Wildman–Crippen LogP) is 6.70. The molecule has 3 rings (SSSR count). The van der Waals surface area contributed by atoms with Gasteiger partial charge in [0.05, 0.1) is 10.0 Å². The van der Waals surface area contributed by atoms with E-state index in [9.17, 15) is 9.59 Å². The average molecular weight is 511 g/mol. The first kappa shape index (κ1) is 26.8. The lowest BCUT2D eigenvalue weighted by molar-refractivity contribution is -0.140. The highest BCUT2D eigenvalue weighted by Crippen LogP contribution is 2.30. The molecule has 3 aromatic carbocycles. The Morgan fingerprint density at radius 2 is 1.40 bits per heavy atom. The number of rotatable bonds is 10. The maximum atomic E-state index is 13.8. The molecule has 35 heavy (non-hydrogen) atoms. The van der Waals surface area contributed by atoms with Crippen molar-refractivity contribution in [3.8, 4) is 0 Å². The normalized spacial score (nSPS) is 12.0. The van der Waals surface area contributed by atoms with Crippen LogP contribution in [0, 0.1) is 5.92 Å². The summed E-state index contributed by atoms with van der Waals surface area (Å²) < 4.78 is 0. The van der Waals surface area contributed by atoms with Gasteiger partial charge in [0.15, 0.2) is 0 Å². The van der Waals surface area contributed by atoms with Gasteiger partial charge in [0.2, 0.25) is 11.8 Å². The van der Waals surface area contributed by atoms with E-state index in [1.54, 1.807) is 24.0 Å². The first-order valence-corrected chi connectivity index (χ1v) is 12.6. The number of carbonyl (C=O) groups is 2. The van der Waals surface area contributed by atoms with E-state index >= 15 is 0 Å². The highest BCUT2D eigenvalue weighted by atomic mass is 35.5. The van der Waals surface area contributed by atoms with Gasteiger partial charge >= 0.3 is 0 Å². The zero-order valence-corrected chi connectivity index (χ0v) is 21.9. The van der Waals surface area contributed by atoms with Gasteiger partial charge in [0.1, 0.15) is 6.04 Å². The Balaban J connectivity index is 1.91. The van der Waals surface area contributed by atoms with Crippen LogP contribution in [0.4, 0.5) is 0 Å². The Labute approximate surface area is 218 Å². The third-order valence-corrected chi connectivity index (χ3v) is 6.71. The molecule has 0 spiro atoms. The molecule has 0 bridgehead atoms. The summed E-state index contributed by atoms with van der Waals surface area (Å²) in [6.45, 7) is 6.64. The second-order valence-corrected chi connectivity index (χ2v) is 9.98. The van der Waals surface area contributed by atoms with Crippen LogP contribution < -0.4 is 5.32 Å². The SMILES string of the molecule is CC(C)CNC(=O)C(C)N(Cc1ccc(Cl)c(Cl)c1)C(=O)CC(c1ccccc1)c1ccccc1. The molecule has 2 amide bonds. The number of nitrogens with one attached hydrogen (secondary N) is 1. The highest BCUT2D eigenvalue weighted by molar-refractivity contribution is 6.42. The standard InChI is InChI=1S/C29H32Cl2N2O2/c1-20(2)18-32-29(35)21(3)33(19-22-14-15-26(30)27(31)16-22)28(34)17-25(23-10-6-4-7-11-23)24-12-8-5-9-13-24/h4-16,20-21,25H,17-19H2,1-3H3,(H,32,35). The van der Waals surface area contributed by atoms with Crippen LogP contribution in [0.15, 0.2) is 78.9 Å². The Morgan fingerprint density at radius 1 is 0.829 bits per heavy atom. The lowest BCUT2D eigenvalue weighted by Gasteiger charge is -2.31. The molecule has 1 N–H and O–H groups in total. The molecule has 0 heterocycles. The zero-order valence-electron chi connectivity index (χ0n) is 20.4. The summed E-state index contributed by atoms with van der Waals surface area (Å²) in [6, 6.07) is 24.6. The molecule has 0 saturated carbocycles. The van der Waals surface area contributed by atoms with Crippen LogP contribution in [0.2, 0.25) is 10.0 Å². The lowest BCUT2D eigenvalue weighted by Crippen LogP contribution is -2.48. The number of hydrogen-bond acceptors (Lipinski definition) is 2. The van der Waals surface area contributed by atoms with E-state index in [1.807, 2.05) is 80.6 Å². The van der Waals surface area contributed by atoms with Crippen molar-refractivity contribution in [3.63, 3.8) is 0 Å². The molecule has 0 radical (unpaired) electrons. The molecule has 0 aliphatic heterocycles. The maximum Gasteiger partial charge on any atom is 0.242 e. The molecule has 1 unspecified atom stereocenters. The van der Waals surface area contributed by atoms with Crippen LogP contribution in [0.25, 0.3) is 0 Å². The molecule has 0 aliphatic rings. The van der Waals surface area contributed by atoms with Crippen molar-refractivity contribution in [3.05, 3.63) is 106 Å². The van der Waals surface area contributed by atoms with Crippen LogP contribution in [0.5, 0.6) is 0 Å². The molecule has 0 fully saturated rings. The molecule has 4 nitrogen and oxygen atoms in total. The topological polar surface area (TPSA) is 49.4 Å². The molecule has 184 valence electrons. The lowest BCUT2D eigenvalue weighted by atomic mass is 9.88. The van der Waals surface area contributed by atoms with Crippen molar-refractivity contribution in [1.82, 2.24) is 10.2 Å². The van der Waals surface area contributed by atoms with E-state index in [-0.39, 0.29) is 30.7 Å². The Morgan fingerprint density at radius 3 is 1.91 bits per heavy atom. The van der Waals surface area contributed by atoms with Crippen LogP contribution in [0.1, 0.15) is 49.8 Å². The van der Waals surface area contributed by atoms with Gasteiger partial charge in [0, 0.05) is 25.4 Å². The number of nitrogens with zero attached hydrogens (tertiary/aromatic N) is 1. The van der Waals surface area contributed by atoms with Gasteiger partial charge in [-0.25, -0.2) is 0 Å². The van der Waals surface area contributed by atoms with Crippen molar-refractivity contribution in [1.29, 1.82) is 0 Å². The van der Waals surface area contributed by atoms with Gasteiger partial charge in [-0.1, -0.05) is 104 Å². The third kappa shape index (κ3) is 7.58. The molecule has 1 atom stereocenters. The Hall–Kier alpha value is -2.82. The summed E-state index contributed by atoms with van der Waals surface area (Å²) in [6.07, 6.45) is 0.233. The van der Waals surface area contributed by atoms with Crippen LogP contribution in [0.3, 0.4) is 0 Å². The van der Waals surface area contributed by atoms with Gasteiger partial charge in [-0.2, -0.15) is 0 Å². The first-order chi connectivity index (χ1) is 16.8. The quantitative estimate of drug-likeness (QED) is 0.329. The Kier molecular flexibility index (Phi) is 9.76. The van der Waals surface area contributed by atoms with Crippen molar-refractivity contribution in [2.24, 2.45) is 5.92 Å². The third-order valence-electron chi connectivity index (χ3n) is 5.97. The summed E-state index contributed by atoms with van der Waals surface area (Å²) in [5.41, 5.74) is 2.92. The minimum absolute atomic E-state index is 0.110. The van der Waals surface area contributed by atoms with Gasteiger partial charge in [0.25, 0.3) is 0 Å². The monoisotopic (exact) mass is 510 g/mol. The number of carbonyl (C=O) groups excluding carboxylic acids is 2. The summed E-state index contributed by atoms with van der Waals surface area (Å²) in [4.78, 5) is 28.4. The minimum Gasteiger partial charge on any atom is -0.354 e. The van der Waals surface area contributed by atoms with Crippen molar-refractivity contribution >= 4 is 35.0 Å². The zero-order chi connectivity index (χ0) is 25.4.